The van der Waals surface area contributed by atoms with Crippen LogP contribution in [-0.2, 0) is 4.74 Å². The van der Waals surface area contributed by atoms with Crippen molar-refractivity contribution in [3.05, 3.63) is 0 Å². The molecular formula is C9H19NO. The van der Waals surface area contributed by atoms with Crippen LogP contribution in [0.2, 0.25) is 0 Å². The molecule has 66 valence electrons. The standard InChI is InChI=1S/C9H19NO/c1-3-11-7-8(2)6-10-9-4-5-9/h8-10H,3-7H2,1-2H3. The van der Waals surface area contributed by atoms with Crippen LogP contribution in [0, 0.1) is 5.92 Å². The van der Waals surface area contributed by atoms with E-state index in [0.717, 1.165) is 25.8 Å². The molecule has 2 nitrogen and oxygen atoms in total. The zero-order valence-corrected chi connectivity index (χ0v) is 7.60. The average molecular weight is 157 g/mol. The second-order valence-corrected chi connectivity index (χ2v) is 3.45. The van der Waals surface area contributed by atoms with Crippen molar-refractivity contribution in [2.45, 2.75) is 32.7 Å². The lowest BCUT2D eigenvalue weighted by atomic mass is 10.2. The van der Waals surface area contributed by atoms with Gasteiger partial charge in [-0.15, -0.1) is 0 Å². The van der Waals surface area contributed by atoms with Crippen molar-refractivity contribution in [1.82, 2.24) is 5.32 Å². The third-order valence-electron chi connectivity index (χ3n) is 1.94. The lowest BCUT2D eigenvalue weighted by Gasteiger charge is -2.11. The minimum absolute atomic E-state index is 0.663. The summed E-state index contributed by atoms with van der Waals surface area (Å²) in [4.78, 5) is 0. The highest BCUT2D eigenvalue weighted by Gasteiger charge is 2.20. The molecule has 0 bridgehead atoms. The minimum atomic E-state index is 0.663. The number of hydrogen-bond donors (Lipinski definition) is 1. The molecule has 1 aliphatic carbocycles. The molecule has 0 aromatic rings. The lowest BCUT2D eigenvalue weighted by Crippen LogP contribution is -2.25. The van der Waals surface area contributed by atoms with Gasteiger partial charge in [0.1, 0.15) is 0 Å². The van der Waals surface area contributed by atoms with Crippen molar-refractivity contribution < 1.29 is 4.74 Å². The molecule has 1 atom stereocenters. The summed E-state index contributed by atoms with van der Waals surface area (Å²) in [5.41, 5.74) is 0. The quantitative estimate of drug-likeness (QED) is 0.629. The van der Waals surface area contributed by atoms with Crippen molar-refractivity contribution >= 4 is 0 Å². The molecule has 0 aromatic carbocycles. The SMILES string of the molecule is CCOCC(C)CNC1CC1. The van der Waals surface area contributed by atoms with E-state index < -0.39 is 0 Å². The van der Waals surface area contributed by atoms with Crippen LogP contribution in [0.4, 0.5) is 0 Å². The summed E-state index contributed by atoms with van der Waals surface area (Å²) >= 11 is 0. The van der Waals surface area contributed by atoms with Crippen LogP contribution in [0.1, 0.15) is 26.7 Å². The van der Waals surface area contributed by atoms with Crippen molar-refractivity contribution in [2.75, 3.05) is 19.8 Å². The van der Waals surface area contributed by atoms with Gasteiger partial charge in [0.15, 0.2) is 0 Å². The first-order valence-electron chi connectivity index (χ1n) is 4.64. The van der Waals surface area contributed by atoms with Crippen LogP contribution in [-0.4, -0.2) is 25.8 Å². The van der Waals surface area contributed by atoms with E-state index in [-0.39, 0.29) is 0 Å². The van der Waals surface area contributed by atoms with Gasteiger partial charge in [-0.25, -0.2) is 0 Å². The average Bonchev–Trinajstić information content (AvgIpc) is 2.80. The van der Waals surface area contributed by atoms with E-state index in [4.69, 9.17) is 4.74 Å². The molecule has 0 aromatic heterocycles. The zero-order valence-electron chi connectivity index (χ0n) is 7.60. The molecule has 11 heavy (non-hydrogen) atoms. The second kappa shape index (κ2) is 4.73. The van der Waals surface area contributed by atoms with Gasteiger partial charge in [-0.3, -0.25) is 0 Å². The third-order valence-corrected chi connectivity index (χ3v) is 1.94. The van der Waals surface area contributed by atoms with Gasteiger partial charge < -0.3 is 10.1 Å². The topological polar surface area (TPSA) is 21.3 Å². The number of rotatable bonds is 6. The Hall–Kier alpha value is -0.0800. The van der Waals surface area contributed by atoms with Crippen molar-refractivity contribution in [3.8, 4) is 0 Å². The van der Waals surface area contributed by atoms with E-state index in [1.54, 1.807) is 0 Å². The predicted octanol–water partition coefficient (Wildman–Crippen LogP) is 1.41. The molecule has 1 fully saturated rings. The van der Waals surface area contributed by atoms with E-state index in [9.17, 15) is 0 Å². The van der Waals surface area contributed by atoms with Gasteiger partial charge in [0.05, 0.1) is 6.61 Å². The van der Waals surface area contributed by atoms with Crippen molar-refractivity contribution in [1.29, 1.82) is 0 Å². The van der Waals surface area contributed by atoms with E-state index in [0.29, 0.717) is 5.92 Å². The zero-order chi connectivity index (χ0) is 8.10. The van der Waals surface area contributed by atoms with Crippen LogP contribution < -0.4 is 5.32 Å². The third kappa shape index (κ3) is 4.38. The highest BCUT2D eigenvalue weighted by atomic mass is 16.5. The molecule has 1 unspecified atom stereocenters. The molecular weight excluding hydrogens is 138 g/mol. The number of hydrogen-bond acceptors (Lipinski definition) is 2. The van der Waals surface area contributed by atoms with Crippen LogP contribution in [0.25, 0.3) is 0 Å². The second-order valence-electron chi connectivity index (χ2n) is 3.45. The summed E-state index contributed by atoms with van der Waals surface area (Å²) in [6.07, 6.45) is 2.75. The van der Waals surface area contributed by atoms with Crippen LogP contribution >= 0.6 is 0 Å². The first kappa shape index (κ1) is 9.01. The summed E-state index contributed by atoms with van der Waals surface area (Å²) in [7, 11) is 0. The van der Waals surface area contributed by atoms with Gasteiger partial charge >= 0.3 is 0 Å². The molecule has 0 spiro atoms. The summed E-state index contributed by atoms with van der Waals surface area (Å²) in [5, 5.41) is 3.49. The Labute approximate surface area is 69.3 Å². The monoisotopic (exact) mass is 157 g/mol. The minimum Gasteiger partial charge on any atom is -0.381 e. The van der Waals surface area contributed by atoms with Gasteiger partial charge in [0.2, 0.25) is 0 Å². The molecule has 0 radical (unpaired) electrons. The maximum absolute atomic E-state index is 5.31. The van der Waals surface area contributed by atoms with Crippen molar-refractivity contribution in [3.63, 3.8) is 0 Å². The molecule has 1 aliphatic rings. The van der Waals surface area contributed by atoms with E-state index in [1.165, 1.54) is 12.8 Å². The molecule has 0 amide bonds. The fraction of sp³-hybridized carbons (Fsp3) is 1.00. The number of ether oxygens (including phenoxy) is 1. The molecule has 1 rings (SSSR count). The van der Waals surface area contributed by atoms with Crippen LogP contribution in [0.3, 0.4) is 0 Å². The molecule has 1 saturated carbocycles. The molecule has 2 heteroatoms. The normalized spacial score (nSPS) is 20.2. The first-order valence-corrected chi connectivity index (χ1v) is 4.64. The van der Waals surface area contributed by atoms with Gasteiger partial charge in [0.25, 0.3) is 0 Å². The van der Waals surface area contributed by atoms with Gasteiger partial charge in [-0.05, 0) is 25.7 Å². The molecule has 1 N–H and O–H groups in total. The molecule has 0 saturated heterocycles. The Morgan fingerprint density at radius 2 is 2.27 bits per heavy atom. The summed E-state index contributed by atoms with van der Waals surface area (Å²) in [6.45, 7) is 7.13. The highest BCUT2D eigenvalue weighted by Crippen LogP contribution is 2.18. The van der Waals surface area contributed by atoms with Crippen molar-refractivity contribution in [2.24, 2.45) is 5.92 Å². The Bertz CT molecular complexity index is 102. The Morgan fingerprint density at radius 1 is 1.55 bits per heavy atom. The number of nitrogens with one attached hydrogen (secondary N) is 1. The van der Waals surface area contributed by atoms with Crippen LogP contribution in [0.5, 0.6) is 0 Å². The molecule has 0 aliphatic heterocycles. The highest BCUT2D eigenvalue weighted by molar-refractivity contribution is 4.81. The van der Waals surface area contributed by atoms with E-state index >= 15 is 0 Å². The maximum Gasteiger partial charge on any atom is 0.0503 e. The van der Waals surface area contributed by atoms with Gasteiger partial charge in [-0.1, -0.05) is 6.92 Å². The summed E-state index contributed by atoms with van der Waals surface area (Å²) in [5.74, 6) is 0.663. The Kier molecular flexibility index (Phi) is 3.87. The van der Waals surface area contributed by atoms with Crippen LogP contribution in [0.15, 0.2) is 0 Å². The largest absolute Gasteiger partial charge is 0.381 e. The van der Waals surface area contributed by atoms with E-state index in [1.807, 2.05) is 6.92 Å². The Morgan fingerprint density at radius 3 is 2.82 bits per heavy atom. The lowest BCUT2D eigenvalue weighted by molar-refractivity contribution is 0.115. The van der Waals surface area contributed by atoms with Gasteiger partial charge in [-0.2, -0.15) is 0 Å². The summed E-state index contributed by atoms with van der Waals surface area (Å²) in [6, 6.07) is 0.832. The summed E-state index contributed by atoms with van der Waals surface area (Å²) < 4.78 is 5.31. The predicted molar refractivity (Wildman–Crippen MR) is 46.7 cm³/mol. The first-order chi connectivity index (χ1) is 5.33. The van der Waals surface area contributed by atoms with E-state index in [2.05, 4.69) is 12.2 Å². The fourth-order valence-corrected chi connectivity index (χ4v) is 1.03. The maximum atomic E-state index is 5.31. The Balaban J connectivity index is 1.87. The smallest absolute Gasteiger partial charge is 0.0503 e. The fourth-order valence-electron chi connectivity index (χ4n) is 1.03. The van der Waals surface area contributed by atoms with Gasteiger partial charge in [0, 0.05) is 19.2 Å². The molecule has 0 heterocycles.